The van der Waals surface area contributed by atoms with Crippen molar-refractivity contribution in [1.82, 2.24) is 15.1 Å². The normalized spacial score (nSPS) is 13.3. The number of ether oxygens (including phenoxy) is 1. The lowest BCUT2D eigenvalue weighted by Crippen LogP contribution is -2.46. The number of hydrogen-bond acceptors (Lipinski definition) is 7. The predicted octanol–water partition coefficient (Wildman–Crippen LogP) is -0.152. The molecular formula is C19H42N6O4. The summed E-state index contributed by atoms with van der Waals surface area (Å²) >= 11 is 0. The quantitative estimate of drug-likeness (QED) is 0.363. The third-order valence-corrected chi connectivity index (χ3v) is 3.62. The van der Waals surface area contributed by atoms with E-state index in [0.29, 0.717) is 12.8 Å². The van der Waals surface area contributed by atoms with Crippen LogP contribution in [0, 0.1) is 0 Å². The Kier molecular flexibility index (Phi) is 15.2. The summed E-state index contributed by atoms with van der Waals surface area (Å²) in [6.45, 7) is 7.06. The molecule has 0 aromatic heterocycles. The van der Waals surface area contributed by atoms with Crippen molar-refractivity contribution in [3.63, 3.8) is 0 Å². The van der Waals surface area contributed by atoms with E-state index in [1.807, 2.05) is 38.0 Å². The first-order valence-electron chi connectivity index (χ1n) is 9.79. The number of primary amides is 2. The molecule has 0 rings (SSSR count). The number of nitrogens with one attached hydrogen (secondary N) is 1. The largest absolute Gasteiger partial charge is 0.444 e. The minimum Gasteiger partial charge on any atom is -0.444 e. The van der Waals surface area contributed by atoms with E-state index in [-0.39, 0.29) is 0 Å². The van der Waals surface area contributed by atoms with Crippen LogP contribution >= 0.6 is 0 Å². The fourth-order valence-corrected chi connectivity index (χ4v) is 2.12. The van der Waals surface area contributed by atoms with Gasteiger partial charge in [0.05, 0.1) is 6.04 Å². The molecule has 7 N–H and O–H groups in total. The first kappa shape index (κ1) is 29.3. The van der Waals surface area contributed by atoms with Crippen molar-refractivity contribution in [3.05, 3.63) is 0 Å². The molecule has 0 aromatic carbocycles. The van der Waals surface area contributed by atoms with Gasteiger partial charge in [-0.05, 0) is 87.7 Å². The Bertz CT molecular complexity index is 492. The molecule has 172 valence electrons. The van der Waals surface area contributed by atoms with Gasteiger partial charge in [0.15, 0.2) is 0 Å². The van der Waals surface area contributed by atoms with Crippen LogP contribution in [0.3, 0.4) is 0 Å². The molecule has 3 amide bonds. The van der Waals surface area contributed by atoms with E-state index in [2.05, 4.69) is 5.32 Å². The van der Waals surface area contributed by atoms with E-state index in [4.69, 9.17) is 21.9 Å². The average Bonchev–Trinajstić information content (AvgIpc) is 2.51. The Balaban J connectivity index is 0. The van der Waals surface area contributed by atoms with Crippen molar-refractivity contribution in [2.24, 2.45) is 17.2 Å². The Morgan fingerprint density at radius 2 is 1.34 bits per heavy atom. The standard InChI is InChI=1S/C12H25N3O3.C7H17N3O/c1-12(2,3)18-11(17)14-9(10(13)16)7-6-8-15(4)5;1-10(2)5-3-4-6(8)7(9)11/h9H,6-8H2,1-5H3,(H2,13,16)(H,14,17);6H,3-5,8H2,1-2H3,(H2,9,11)/t9-;6-/m00/s1. The molecule has 0 aliphatic carbocycles. The third kappa shape index (κ3) is 20.6. The van der Waals surface area contributed by atoms with Crippen LogP contribution in [0.1, 0.15) is 46.5 Å². The summed E-state index contributed by atoms with van der Waals surface area (Å²) in [6.07, 6.45) is 2.25. The van der Waals surface area contributed by atoms with Crippen molar-refractivity contribution in [1.29, 1.82) is 0 Å². The molecule has 2 atom stereocenters. The minimum atomic E-state index is -0.681. The Morgan fingerprint density at radius 3 is 1.69 bits per heavy atom. The lowest BCUT2D eigenvalue weighted by Gasteiger charge is -2.22. The van der Waals surface area contributed by atoms with Gasteiger partial charge in [0.25, 0.3) is 0 Å². The van der Waals surface area contributed by atoms with E-state index < -0.39 is 35.6 Å². The summed E-state index contributed by atoms with van der Waals surface area (Å²) in [5.74, 6) is -0.955. The molecule has 0 aliphatic heterocycles. The summed E-state index contributed by atoms with van der Waals surface area (Å²) in [4.78, 5) is 37.2. The molecule has 0 saturated heterocycles. The number of nitrogens with zero attached hydrogens (tertiary/aromatic N) is 2. The van der Waals surface area contributed by atoms with Crippen molar-refractivity contribution in [2.75, 3.05) is 41.3 Å². The zero-order valence-electron chi connectivity index (χ0n) is 19.2. The smallest absolute Gasteiger partial charge is 0.408 e. The van der Waals surface area contributed by atoms with Crippen molar-refractivity contribution in [2.45, 2.75) is 64.1 Å². The van der Waals surface area contributed by atoms with Gasteiger partial charge in [0.2, 0.25) is 11.8 Å². The number of carbonyl (C=O) groups excluding carboxylic acids is 3. The second kappa shape index (κ2) is 15.0. The fraction of sp³-hybridized carbons (Fsp3) is 0.842. The Labute approximate surface area is 175 Å². The van der Waals surface area contributed by atoms with Gasteiger partial charge in [-0.25, -0.2) is 4.79 Å². The summed E-state index contributed by atoms with van der Waals surface area (Å²) in [6, 6.07) is -1.16. The maximum Gasteiger partial charge on any atom is 0.408 e. The van der Waals surface area contributed by atoms with Crippen LogP contribution < -0.4 is 22.5 Å². The van der Waals surface area contributed by atoms with Gasteiger partial charge < -0.3 is 37.1 Å². The molecule has 10 heteroatoms. The summed E-state index contributed by atoms with van der Waals surface area (Å²) < 4.78 is 5.08. The van der Waals surface area contributed by atoms with E-state index in [0.717, 1.165) is 25.9 Å². The predicted molar refractivity (Wildman–Crippen MR) is 115 cm³/mol. The molecule has 10 nitrogen and oxygen atoms in total. The summed E-state index contributed by atoms with van der Waals surface area (Å²) in [5.41, 5.74) is 15.0. The third-order valence-electron chi connectivity index (χ3n) is 3.62. The van der Waals surface area contributed by atoms with E-state index in [1.165, 1.54) is 0 Å². The molecule has 0 unspecified atom stereocenters. The van der Waals surface area contributed by atoms with Crippen molar-refractivity contribution < 1.29 is 19.1 Å². The van der Waals surface area contributed by atoms with Crippen LogP contribution in [0.4, 0.5) is 4.79 Å². The van der Waals surface area contributed by atoms with Crippen LogP contribution in [0.15, 0.2) is 0 Å². The lowest BCUT2D eigenvalue weighted by molar-refractivity contribution is -0.120. The molecule has 0 aromatic rings. The zero-order valence-corrected chi connectivity index (χ0v) is 19.2. The van der Waals surface area contributed by atoms with E-state index in [1.54, 1.807) is 20.8 Å². The van der Waals surface area contributed by atoms with Gasteiger partial charge in [-0.2, -0.15) is 0 Å². The van der Waals surface area contributed by atoms with Gasteiger partial charge in [0.1, 0.15) is 11.6 Å². The fourth-order valence-electron chi connectivity index (χ4n) is 2.12. The number of alkyl carbamates (subject to hydrolysis) is 1. The maximum absolute atomic E-state index is 11.5. The Morgan fingerprint density at radius 1 is 0.897 bits per heavy atom. The molecule has 0 radical (unpaired) electrons. The number of carbonyl (C=O) groups is 3. The molecule has 0 fully saturated rings. The second-order valence-electron chi connectivity index (χ2n) is 8.50. The van der Waals surface area contributed by atoms with Crippen molar-refractivity contribution >= 4 is 17.9 Å². The van der Waals surface area contributed by atoms with Gasteiger partial charge in [-0.15, -0.1) is 0 Å². The van der Waals surface area contributed by atoms with Gasteiger partial charge in [-0.3, -0.25) is 9.59 Å². The highest BCUT2D eigenvalue weighted by Crippen LogP contribution is 2.07. The molecule has 0 saturated carbocycles. The van der Waals surface area contributed by atoms with E-state index >= 15 is 0 Å². The number of rotatable bonds is 11. The van der Waals surface area contributed by atoms with Crippen LogP contribution in [0.2, 0.25) is 0 Å². The highest BCUT2D eigenvalue weighted by atomic mass is 16.6. The molecule has 0 spiro atoms. The number of nitrogens with two attached hydrogens (primary N) is 3. The minimum absolute atomic E-state index is 0.413. The van der Waals surface area contributed by atoms with Crippen LogP contribution in [0.25, 0.3) is 0 Å². The van der Waals surface area contributed by atoms with Crippen LogP contribution in [-0.4, -0.2) is 86.7 Å². The molecule has 0 heterocycles. The zero-order chi connectivity index (χ0) is 23.2. The second-order valence-corrected chi connectivity index (χ2v) is 8.50. The monoisotopic (exact) mass is 418 g/mol. The molecule has 29 heavy (non-hydrogen) atoms. The van der Waals surface area contributed by atoms with Gasteiger partial charge >= 0.3 is 6.09 Å². The molecule has 0 aliphatic rings. The first-order valence-corrected chi connectivity index (χ1v) is 9.79. The van der Waals surface area contributed by atoms with E-state index in [9.17, 15) is 14.4 Å². The van der Waals surface area contributed by atoms with Gasteiger partial charge in [0, 0.05) is 0 Å². The Hall–Kier alpha value is -1.91. The van der Waals surface area contributed by atoms with Crippen molar-refractivity contribution in [3.8, 4) is 0 Å². The average molecular weight is 419 g/mol. The topological polar surface area (TPSA) is 157 Å². The van der Waals surface area contributed by atoms with Crippen LogP contribution in [-0.2, 0) is 14.3 Å². The number of hydrogen-bond donors (Lipinski definition) is 4. The lowest BCUT2D eigenvalue weighted by atomic mass is 10.1. The summed E-state index contributed by atoms with van der Waals surface area (Å²) in [5, 5.41) is 2.49. The maximum atomic E-state index is 11.5. The SMILES string of the molecule is CN(C)CCC[C@H](N)C(N)=O.CN(C)CCC[C@H](NC(=O)OC(C)(C)C)C(N)=O. The first-order chi connectivity index (χ1) is 13.2. The molecular weight excluding hydrogens is 376 g/mol. The highest BCUT2D eigenvalue weighted by Gasteiger charge is 2.22. The number of amides is 3. The van der Waals surface area contributed by atoms with Crippen LogP contribution in [0.5, 0.6) is 0 Å². The summed E-state index contributed by atoms with van der Waals surface area (Å²) in [7, 11) is 7.85. The molecule has 0 bridgehead atoms. The van der Waals surface area contributed by atoms with Gasteiger partial charge in [-0.1, -0.05) is 0 Å². The highest BCUT2D eigenvalue weighted by molar-refractivity contribution is 5.84.